The molecule has 0 aliphatic heterocycles. The minimum absolute atomic E-state index is 0.366. The molecule has 0 radical (unpaired) electrons. The van der Waals surface area contributed by atoms with Gasteiger partial charge in [-0.2, -0.15) is 10.4 Å². The summed E-state index contributed by atoms with van der Waals surface area (Å²) in [6, 6.07) is 17.9. The molecular formula is C20H18N4O2. The zero-order chi connectivity index (χ0) is 18.5. The van der Waals surface area contributed by atoms with Crippen LogP contribution < -0.4 is 10.1 Å². The van der Waals surface area contributed by atoms with Crippen LogP contribution in [0.25, 0.3) is 11.3 Å². The smallest absolute Gasteiger partial charge is 0.256 e. The van der Waals surface area contributed by atoms with E-state index < -0.39 is 6.04 Å². The number of amides is 1. The molecule has 0 saturated heterocycles. The van der Waals surface area contributed by atoms with E-state index in [2.05, 4.69) is 16.5 Å². The number of nitrogens with one attached hydrogen (secondary N) is 1. The number of nitrogens with zero attached hydrogens (tertiary/aromatic N) is 3. The van der Waals surface area contributed by atoms with E-state index in [1.54, 1.807) is 29.9 Å². The van der Waals surface area contributed by atoms with Crippen LogP contribution in [0.1, 0.15) is 22.0 Å². The van der Waals surface area contributed by atoms with Crippen molar-refractivity contribution >= 4 is 5.91 Å². The van der Waals surface area contributed by atoms with Gasteiger partial charge >= 0.3 is 0 Å². The maximum atomic E-state index is 12.8. The summed E-state index contributed by atoms with van der Waals surface area (Å²) in [5.74, 6) is 0.184. The highest BCUT2D eigenvalue weighted by molar-refractivity contribution is 6.00. The van der Waals surface area contributed by atoms with Crippen LogP contribution in [0.4, 0.5) is 0 Å². The van der Waals surface area contributed by atoms with Gasteiger partial charge in [0.2, 0.25) is 0 Å². The molecular weight excluding hydrogens is 328 g/mol. The fraction of sp³-hybridized carbons (Fsp3) is 0.150. The molecule has 1 amide bonds. The summed E-state index contributed by atoms with van der Waals surface area (Å²) in [5, 5.41) is 16.5. The number of aromatic nitrogens is 2. The molecule has 6 heteroatoms. The lowest BCUT2D eigenvalue weighted by atomic mass is 10.0. The molecule has 26 heavy (non-hydrogen) atoms. The molecule has 0 aliphatic carbocycles. The molecule has 1 atom stereocenters. The Hall–Kier alpha value is -3.59. The second-order valence-corrected chi connectivity index (χ2v) is 5.67. The number of carbonyl (C=O) groups excluding carboxylic acids is 1. The molecule has 1 N–H and O–H groups in total. The van der Waals surface area contributed by atoms with Crippen LogP contribution >= 0.6 is 0 Å². The van der Waals surface area contributed by atoms with Gasteiger partial charge in [0.15, 0.2) is 0 Å². The largest absolute Gasteiger partial charge is 0.496 e. The van der Waals surface area contributed by atoms with Crippen LogP contribution in [0.3, 0.4) is 0 Å². The molecule has 0 fully saturated rings. The molecule has 0 spiro atoms. The molecule has 0 bridgehead atoms. The van der Waals surface area contributed by atoms with E-state index in [0.29, 0.717) is 22.6 Å². The number of hydrogen-bond donors (Lipinski definition) is 1. The summed E-state index contributed by atoms with van der Waals surface area (Å²) in [4.78, 5) is 12.8. The summed E-state index contributed by atoms with van der Waals surface area (Å²) >= 11 is 0. The first-order chi connectivity index (χ1) is 12.7. The highest BCUT2D eigenvalue weighted by atomic mass is 16.5. The normalized spacial score (nSPS) is 11.4. The van der Waals surface area contributed by atoms with Crippen molar-refractivity contribution in [3.8, 4) is 23.1 Å². The first-order valence-corrected chi connectivity index (χ1v) is 8.06. The van der Waals surface area contributed by atoms with Crippen molar-refractivity contribution in [1.82, 2.24) is 15.1 Å². The number of hydrogen-bond acceptors (Lipinski definition) is 4. The number of benzene rings is 2. The summed E-state index contributed by atoms with van der Waals surface area (Å²) in [7, 11) is 3.31. The first-order valence-electron chi connectivity index (χ1n) is 8.06. The Labute approximate surface area is 151 Å². The van der Waals surface area contributed by atoms with Crippen LogP contribution in [-0.4, -0.2) is 22.8 Å². The SMILES string of the molecule is COc1ccccc1C(C#N)NC(=O)c1cnn(C)c1-c1ccccc1. The van der Waals surface area contributed by atoms with Crippen molar-refractivity contribution in [3.63, 3.8) is 0 Å². The van der Waals surface area contributed by atoms with Gasteiger partial charge in [0.1, 0.15) is 11.8 Å². The van der Waals surface area contributed by atoms with E-state index in [1.807, 2.05) is 36.4 Å². The summed E-state index contributed by atoms with van der Waals surface area (Å²) in [6.45, 7) is 0. The molecule has 2 aromatic carbocycles. The van der Waals surface area contributed by atoms with Crippen molar-refractivity contribution < 1.29 is 9.53 Å². The summed E-state index contributed by atoms with van der Waals surface area (Å²) in [6.07, 6.45) is 1.51. The van der Waals surface area contributed by atoms with E-state index in [9.17, 15) is 10.1 Å². The van der Waals surface area contributed by atoms with Crippen molar-refractivity contribution in [2.24, 2.45) is 7.05 Å². The average molecular weight is 346 g/mol. The highest BCUT2D eigenvalue weighted by Crippen LogP contribution is 2.26. The maximum absolute atomic E-state index is 12.8. The van der Waals surface area contributed by atoms with Gasteiger partial charge in [0.25, 0.3) is 5.91 Å². The Morgan fingerprint density at radius 3 is 2.58 bits per heavy atom. The average Bonchev–Trinajstić information content (AvgIpc) is 3.08. The first kappa shape index (κ1) is 17.2. The zero-order valence-corrected chi connectivity index (χ0v) is 14.5. The van der Waals surface area contributed by atoms with Gasteiger partial charge in [-0.25, -0.2) is 0 Å². The van der Waals surface area contributed by atoms with Crippen LogP contribution in [0, 0.1) is 11.3 Å². The Balaban J connectivity index is 1.92. The number of para-hydroxylation sites is 1. The van der Waals surface area contributed by atoms with Gasteiger partial charge in [0, 0.05) is 18.2 Å². The number of rotatable bonds is 5. The van der Waals surface area contributed by atoms with Crippen LogP contribution in [0.2, 0.25) is 0 Å². The van der Waals surface area contributed by atoms with Crippen molar-refractivity contribution in [3.05, 3.63) is 71.9 Å². The molecule has 3 aromatic rings. The Morgan fingerprint density at radius 1 is 1.19 bits per heavy atom. The summed E-state index contributed by atoms with van der Waals surface area (Å²) < 4.78 is 6.94. The van der Waals surface area contributed by atoms with E-state index in [-0.39, 0.29) is 5.91 Å². The lowest BCUT2D eigenvalue weighted by Crippen LogP contribution is -2.28. The lowest BCUT2D eigenvalue weighted by molar-refractivity contribution is 0.0945. The molecule has 1 heterocycles. The number of carbonyl (C=O) groups is 1. The molecule has 0 aliphatic rings. The van der Waals surface area contributed by atoms with Crippen molar-refractivity contribution in [1.29, 1.82) is 5.26 Å². The minimum Gasteiger partial charge on any atom is -0.496 e. The molecule has 130 valence electrons. The fourth-order valence-electron chi connectivity index (χ4n) is 2.84. The van der Waals surface area contributed by atoms with Crippen LogP contribution in [0.5, 0.6) is 5.75 Å². The maximum Gasteiger partial charge on any atom is 0.256 e. The van der Waals surface area contributed by atoms with E-state index in [1.165, 1.54) is 13.3 Å². The third-order valence-corrected chi connectivity index (χ3v) is 4.09. The van der Waals surface area contributed by atoms with Gasteiger partial charge in [-0.05, 0) is 6.07 Å². The van der Waals surface area contributed by atoms with Gasteiger partial charge in [-0.1, -0.05) is 48.5 Å². The fourth-order valence-corrected chi connectivity index (χ4v) is 2.84. The number of aryl methyl sites for hydroxylation is 1. The molecule has 1 unspecified atom stereocenters. The summed E-state index contributed by atoms with van der Waals surface area (Å²) in [5.41, 5.74) is 2.59. The second kappa shape index (κ2) is 7.53. The quantitative estimate of drug-likeness (QED) is 0.770. The zero-order valence-electron chi connectivity index (χ0n) is 14.5. The van der Waals surface area contributed by atoms with Gasteiger partial charge in [-0.3, -0.25) is 9.48 Å². The van der Waals surface area contributed by atoms with Crippen LogP contribution in [0.15, 0.2) is 60.8 Å². The van der Waals surface area contributed by atoms with Crippen molar-refractivity contribution in [2.45, 2.75) is 6.04 Å². The third kappa shape index (κ3) is 3.28. The number of ether oxygens (including phenoxy) is 1. The minimum atomic E-state index is -0.831. The second-order valence-electron chi connectivity index (χ2n) is 5.67. The third-order valence-electron chi connectivity index (χ3n) is 4.09. The monoisotopic (exact) mass is 346 g/mol. The number of nitriles is 1. The molecule has 1 aromatic heterocycles. The standard InChI is InChI=1S/C20H18N4O2/c1-24-19(14-8-4-3-5-9-14)16(13-22-24)20(25)23-17(12-21)15-10-6-7-11-18(15)26-2/h3-11,13,17H,1-2H3,(H,23,25). The molecule has 6 nitrogen and oxygen atoms in total. The van der Waals surface area contributed by atoms with Crippen molar-refractivity contribution in [2.75, 3.05) is 7.11 Å². The Kier molecular flexibility index (Phi) is 4.99. The predicted molar refractivity (Wildman–Crippen MR) is 97.5 cm³/mol. The Bertz CT molecular complexity index is 957. The molecule has 0 saturated carbocycles. The van der Waals surface area contributed by atoms with E-state index in [0.717, 1.165) is 5.56 Å². The van der Waals surface area contributed by atoms with E-state index >= 15 is 0 Å². The number of methoxy groups -OCH3 is 1. The van der Waals surface area contributed by atoms with Gasteiger partial charge in [0.05, 0.1) is 30.6 Å². The highest BCUT2D eigenvalue weighted by Gasteiger charge is 2.22. The lowest BCUT2D eigenvalue weighted by Gasteiger charge is -2.15. The topological polar surface area (TPSA) is 79.9 Å². The predicted octanol–water partition coefficient (Wildman–Crippen LogP) is 3.09. The van der Waals surface area contributed by atoms with Gasteiger partial charge < -0.3 is 10.1 Å². The van der Waals surface area contributed by atoms with Crippen LogP contribution in [-0.2, 0) is 7.05 Å². The Morgan fingerprint density at radius 2 is 1.88 bits per heavy atom. The molecule has 3 rings (SSSR count). The van der Waals surface area contributed by atoms with E-state index in [4.69, 9.17) is 4.74 Å². The van der Waals surface area contributed by atoms with Gasteiger partial charge in [-0.15, -0.1) is 0 Å².